The fourth-order valence-electron chi connectivity index (χ4n) is 3.77. The van der Waals surface area contributed by atoms with Gasteiger partial charge in [0.25, 0.3) is 0 Å². The number of rotatable bonds is 3. The third-order valence-corrected chi connectivity index (χ3v) is 5.17. The second-order valence-corrected chi connectivity index (χ2v) is 7.61. The van der Waals surface area contributed by atoms with Crippen molar-refractivity contribution in [1.82, 2.24) is 0 Å². The molecule has 0 amide bonds. The molecule has 1 aliphatic carbocycles. The third-order valence-electron chi connectivity index (χ3n) is 4.94. The molecule has 0 atom stereocenters. The van der Waals surface area contributed by atoms with Gasteiger partial charge in [0, 0.05) is 5.02 Å². The van der Waals surface area contributed by atoms with E-state index in [0.29, 0.717) is 10.9 Å². The molecule has 23 heavy (non-hydrogen) atoms. The van der Waals surface area contributed by atoms with Gasteiger partial charge in [-0.15, -0.1) is 0 Å². The van der Waals surface area contributed by atoms with Crippen LogP contribution in [0.4, 0.5) is 0 Å². The van der Waals surface area contributed by atoms with E-state index in [0.717, 1.165) is 11.1 Å². The van der Waals surface area contributed by atoms with Crippen molar-refractivity contribution >= 4 is 11.6 Å². The van der Waals surface area contributed by atoms with E-state index in [1.807, 2.05) is 26.0 Å². The number of hydrogen-bond acceptors (Lipinski definition) is 1. The first-order valence-electron chi connectivity index (χ1n) is 8.58. The van der Waals surface area contributed by atoms with Crippen LogP contribution in [0.15, 0.2) is 42.5 Å². The molecule has 0 aliphatic heterocycles. The molecule has 0 saturated heterocycles. The maximum absolute atomic E-state index is 10.6. The van der Waals surface area contributed by atoms with Gasteiger partial charge < -0.3 is 5.11 Å². The highest BCUT2D eigenvalue weighted by Gasteiger charge is 2.24. The Morgan fingerprint density at radius 3 is 2.35 bits per heavy atom. The van der Waals surface area contributed by atoms with E-state index >= 15 is 0 Å². The van der Waals surface area contributed by atoms with Crippen LogP contribution in [0.3, 0.4) is 0 Å². The lowest BCUT2D eigenvalue weighted by atomic mass is 9.79. The van der Waals surface area contributed by atoms with E-state index < -0.39 is 5.60 Å². The SMILES string of the molecule is CC(C)(O)c1cc(Cl)ccc1-c1ccccc1C1CCCCC1. The molecule has 1 aliphatic rings. The topological polar surface area (TPSA) is 20.2 Å². The molecule has 1 nitrogen and oxygen atoms in total. The third kappa shape index (κ3) is 3.62. The van der Waals surface area contributed by atoms with Crippen molar-refractivity contribution in [2.45, 2.75) is 57.5 Å². The quantitative estimate of drug-likeness (QED) is 0.702. The smallest absolute Gasteiger partial charge is 0.0847 e. The van der Waals surface area contributed by atoms with Crippen molar-refractivity contribution in [2.75, 3.05) is 0 Å². The Hall–Kier alpha value is -1.31. The fourth-order valence-corrected chi connectivity index (χ4v) is 3.94. The summed E-state index contributed by atoms with van der Waals surface area (Å²) in [5.74, 6) is 0.630. The van der Waals surface area contributed by atoms with Gasteiger partial charge in [-0.2, -0.15) is 0 Å². The van der Waals surface area contributed by atoms with Crippen LogP contribution in [0.25, 0.3) is 11.1 Å². The molecule has 2 aromatic carbocycles. The normalized spacial score (nSPS) is 16.5. The van der Waals surface area contributed by atoms with Crippen LogP contribution in [0.2, 0.25) is 5.02 Å². The lowest BCUT2D eigenvalue weighted by molar-refractivity contribution is 0.0792. The minimum Gasteiger partial charge on any atom is -0.386 e. The van der Waals surface area contributed by atoms with Crippen molar-refractivity contribution in [3.63, 3.8) is 0 Å². The number of halogens is 1. The zero-order valence-corrected chi connectivity index (χ0v) is 14.7. The Bertz CT molecular complexity index is 678. The molecular weight excluding hydrogens is 304 g/mol. The minimum absolute atomic E-state index is 0.630. The molecule has 0 radical (unpaired) electrons. The standard InChI is InChI=1S/C21H25ClO/c1-21(2,23)20-14-16(22)12-13-19(20)18-11-7-6-10-17(18)15-8-4-3-5-9-15/h6-7,10-15,23H,3-5,8-9H2,1-2H3. The predicted molar refractivity (Wildman–Crippen MR) is 98.0 cm³/mol. The Morgan fingerprint density at radius 1 is 0.957 bits per heavy atom. The summed E-state index contributed by atoms with van der Waals surface area (Å²) in [4.78, 5) is 0. The van der Waals surface area contributed by atoms with Crippen LogP contribution in [-0.2, 0) is 5.60 Å². The number of hydrogen-bond donors (Lipinski definition) is 1. The van der Waals surface area contributed by atoms with E-state index in [-0.39, 0.29) is 0 Å². The second-order valence-electron chi connectivity index (χ2n) is 7.17. The highest BCUT2D eigenvalue weighted by Crippen LogP contribution is 2.41. The molecule has 1 fully saturated rings. The van der Waals surface area contributed by atoms with Crippen molar-refractivity contribution in [3.8, 4) is 11.1 Å². The van der Waals surface area contributed by atoms with Crippen molar-refractivity contribution in [2.24, 2.45) is 0 Å². The van der Waals surface area contributed by atoms with Crippen LogP contribution in [0.5, 0.6) is 0 Å². The van der Waals surface area contributed by atoms with Gasteiger partial charge in [-0.3, -0.25) is 0 Å². The van der Waals surface area contributed by atoms with Crippen LogP contribution in [0.1, 0.15) is 63.0 Å². The zero-order chi connectivity index (χ0) is 16.4. The van der Waals surface area contributed by atoms with Crippen molar-refractivity contribution in [3.05, 3.63) is 58.6 Å². The Kier molecular flexibility index (Phi) is 4.79. The van der Waals surface area contributed by atoms with Crippen LogP contribution < -0.4 is 0 Å². The van der Waals surface area contributed by atoms with E-state index in [1.54, 1.807) is 0 Å². The van der Waals surface area contributed by atoms with Crippen molar-refractivity contribution < 1.29 is 5.11 Å². The maximum atomic E-state index is 10.6. The molecule has 3 rings (SSSR count). The maximum Gasteiger partial charge on any atom is 0.0847 e. The van der Waals surface area contributed by atoms with Crippen LogP contribution in [-0.4, -0.2) is 5.11 Å². The minimum atomic E-state index is -0.917. The van der Waals surface area contributed by atoms with E-state index in [9.17, 15) is 5.11 Å². The Balaban J connectivity index is 2.12. The summed E-state index contributed by atoms with van der Waals surface area (Å²) >= 11 is 6.19. The Morgan fingerprint density at radius 2 is 1.65 bits per heavy atom. The lowest BCUT2D eigenvalue weighted by Gasteiger charge is -2.27. The molecule has 0 bridgehead atoms. The summed E-state index contributed by atoms with van der Waals surface area (Å²) in [7, 11) is 0. The predicted octanol–water partition coefficient (Wildman–Crippen LogP) is 6.28. The molecule has 1 N–H and O–H groups in total. The molecule has 1 saturated carbocycles. The monoisotopic (exact) mass is 328 g/mol. The highest BCUT2D eigenvalue weighted by molar-refractivity contribution is 6.30. The molecule has 122 valence electrons. The van der Waals surface area contributed by atoms with Gasteiger partial charge in [0.15, 0.2) is 0 Å². The highest BCUT2D eigenvalue weighted by atomic mass is 35.5. The van der Waals surface area contributed by atoms with E-state index in [4.69, 9.17) is 11.6 Å². The Labute approximate surface area is 144 Å². The number of aliphatic hydroxyl groups is 1. The molecule has 0 unspecified atom stereocenters. The summed E-state index contributed by atoms with van der Waals surface area (Å²) in [6.07, 6.45) is 6.52. The van der Waals surface area contributed by atoms with Gasteiger partial charge in [0.2, 0.25) is 0 Å². The first-order valence-corrected chi connectivity index (χ1v) is 8.96. The summed E-state index contributed by atoms with van der Waals surface area (Å²) in [5, 5.41) is 11.3. The van der Waals surface area contributed by atoms with Gasteiger partial charge >= 0.3 is 0 Å². The molecule has 0 heterocycles. The lowest BCUT2D eigenvalue weighted by Crippen LogP contribution is -2.17. The van der Waals surface area contributed by atoms with Crippen molar-refractivity contribution in [1.29, 1.82) is 0 Å². The van der Waals surface area contributed by atoms with Gasteiger partial charge in [-0.1, -0.05) is 61.2 Å². The summed E-state index contributed by atoms with van der Waals surface area (Å²) < 4.78 is 0. The molecule has 0 spiro atoms. The van der Waals surface area contributed by atoms with Gasteiger partial charge in [0.05, 0.1) is 5.60 Å². The molecular formula is C21H25ClO. The summed E-state index contributed by atoms with van der Waals surface area (Å²) in [6, 6.07) is 14.5. The average molecular weight is 329 g/mol. The average Bonchev–Trinajstić information content (AvgIpc) is 2.55. The second kappa shape index (κ2) is 6.67. The zero-order valence-electron chi connectivity index (χ0n) is 14.0. The van der Waals surface area contributed by atoms with Gasteiger partial charge in [-0.25, -0.2) is 0 Å². The summed E-state index contributed by atoms with van der Waals surface area (Å²) in [6.45, 7) is 3.65. The van der Waals surface area contributed by atoms with Gasteiger partial charge in [0.1, 0.15) is 0 Å². The number of benzene rings is 2. The first-order chi connectivity index (χ1) is 11.0. The molecule has 2 aromatic rings. The largest absolute Gasteiger partial charge is 0.386 e. The van der Waals surface area contributed by atoms with E-state index in [2.05, 4.69) is 30.3 Å². The van der Waals surface area contributed by atoms with Crippen LogP contribution in [0, 0.1) is 0 Å². The first kappa shape index (κ1) is 16.5. The molecule has 0 aromatic heterocycles. The van der Waals surface area contributed by atoms with Crippen LogP contribution >= 0.6 is 11.6 Å². The molecule has 2 heteroatoms. The van der Waals surface area contributed by atoms with E-state index in [1.165, 1.54) is 43.2 Å². The fraction of sp³-hybridized carbons (Fsp3) is 0.429. The van der Waals surface area contributed by atoms with Gasteiger partial charge in [-0.05, 0) is 67.0 Å². The summed E-state index contributed by atoms with van der Waals surface area (Å²) in [5.41, 5.74) is 3.74.